The average Bonchev–Trinajstić information content (AvgIpc) is 2.64. The molecule has 0 unspecified atom stereocenters. The van der Waals surface area contributed by atoms with Gasteiger partial charge in [0, 0.05) is 17.1 Å². The molecule has 0 aromatic heterocycles. The smallest absolute Gasteiger partial charge is 0.257 e. The highest BCUT2D eigenvalue weighted by molar-refractivity contribution is 6.30. The highest BCUT2D eigenvalue weighted by Gasteiger charge is 2.08. The number of hydrogen-bond donors (Lipinski definition) is 3. The first-order valence-electron chi connectivity index (χ1n) is 8.69. The van der Waals surface area contributed by atoms with Crippen LogP contribution in [-0.2, 0) is 6.42 Å². The van der Waals surface area contributed by atoms with Crippen LogP contribution in [0.15, 0.2) is 48.5 Å². The van der Waals surface area contributed by atoms with Gasteiger partial charge >= 0.3 is 0 Å². The van der Waals surface area contributed by atoms with Crippen molar-refractivity contribution in [2.24, 2.45) is 0 Å². The molecular formula is C20H24ClN3O2. The topological polar surface area (TPSA) is 74.2 Å². The van der Waals surface area contributed by atoms with E-state index < -0.39 is 0 Å². The molecule has 0 radical (unpaired) electrons. The van der Waals surface area contributed by atoms with E-state index in [0.717, 1.165) is 30.6 Å². The van der Waals surface area contributed by atoms with Crippen LogP contribution in [0.2, 0.25) is 5.02 Å². The Labute approximate surface area is 159 Å². The summed E-state index contributed by atoms with van der Waals surface area (Å²) in [6.45, 7) is 3.32. The molecule has 2 rings (SSSR count). The standard InChI is InChI=1S/C20H24ClN3O2/c1-2-3-14-26-18-10-6-16(7-11-18)19(25)24-20(22)23-13-12-15-4-8-17(21)9-5-15/h4-11H,2-3,12-14H2,1H3,(H3,22,23,24,25). The Morgan fingerprint density at radius 3 is 2.46 bits per heavy atom. The minimum atomic E-state index is -0.325. The molecule has 2 aromatic carbocycles. The molecule has 0 aliphatic carbocycles. The van der Waals surface area contributed by atoms with Crippen molar-refractivity contribution in [3.63, 3.8) is 0 Å². The lowest BCUT2D eigenvalue weighted by atomic mass is 10.1. The van der Waals surface area contributed by atoms with Crippen LogP contribution in [0.3, 0.4) is 0 Å². The summed E-state index contributed by atoms with van der Waals surface area (Å²) >= 11 is 5.85. The van der Waals surface area contributed by atoms with Crippen LogP contribution in [0.25, 0.3) is 0 Å². The highest BCUT2D eigenvalue weighted by Crippen LogP contribution is 2.13. The minimum absolute atomic E-state index is 0.0211. The fourth-order valence-electron chi connectivity index (χ4n) is 2.25. The summed E-state index contributed by atoms with van der Waals surface area (Å²) in [6, 6.07) is 14.5. The Morgan fingerprint density at radius 2 is 1.81 bits per heavy atom. The van der Waals surface area contributed by atoms with Crippen molar-refractivity contribution in [2.75, 3.05) is 13.2 Å². The van der Waals surface area contributed by atoms with E-state index in [-0.39, 0.29) is 11.9 Å². The monoisotopic (exact) mass is 373 g/mol. The van der Waals surface area contributed by atoms with Crippen LogP contribution < -0.4 is 15.4 Å². The molecule has 0 atom stereocenters. The number of unbranched alkanes of at least 4 members (excludes halogenated alkanes) is 1. The molecule has 0 fully saturated rings. The summed E-state index contributed by atoms with van der Waals surface area (Å²) in [4.78, 5) is 12.1. The predicted octanol–water partition coefficient (Wildman–Crippen LogP) is 4.02. The largest absolute Gasteiger partial charge is 0.494 e. The molecule has 1 amide bonds. The Bertz CT molecular complexity index is 715. The van der Waals surface area contributed by atoms with Crippen LogP contribution in [0.1, 0.15) is 35.7 Å². The van der Waals surface area contributed by atoms with E-state index in [1.54, 1.807) is 24.3 Å². The van der Waals surface area contributed by atoms with Gasteiger partial charge in [-0.25, -0.2) is 0 Å². The normalized spacial score (nSPS) is 10.2. The van der Waals surface area contributed by atoms with Crippen molar-refractivity contribution in [3.05, 3.63) is 64.7 Å². The zero-order chi connectivity index (χ0) is 18.8. The van der Waals surface area contributed by atoms with Crippen LogP contribution in [0, 0.1) is 5.41 Å². The summed E-state index contributed by atoms with van der Waals surface area (Å²) in [5, 5.41) is 14.0. The summed E-state index contributed by atoms with van der Waals surface area (Å²) in [6.07, 6.45) is 2.81. The molecule has 0 aliphatic rings. The molecule has 0 saturated heterocycles. The van der Waals surface area contributed by atoms with Gasteiger partial charge in [-0.3, -0.25) is 15.5 Å². The highest BCUT2D eigenvalue weighted by atomic mass is 35.5. The van der Waals surface area contributed by atoms with E-state index in [1.807, 2.05) is 24.3 Å². The summed E-state index contributed by atoms with van der Waals surface area (Å²) in [5.41, 5.74) is 1.59. The van der Waals surface area contributed by atoms with Crippen molar-refractivity contribution >= 4 is 23.5 Å². The Hall–Kier alpha value is -2.53. The average molecular weight is 374 g/mol. The molecule has 0 bridgehead atoms. The van der Waals surface area contributed by atoms with E-state index in [2.05, 4.69) is 17.6 Å². The van der Waals surface area contributed by atoms with Gasteiger partial charge in [0.1, 0.15) is 5.75 Å². The second-order valence-corrected chi connectivity index (χ2v) is 6.30. The summed E-state index contributed by atoms with van der Waals surface area (Å²) < 4.78 is 5.57. The van der Waals surface area contributed by atoms with Gasteiger partial charge in [0.15, 0.2) is 5.96 Å². The van der Waals surface area contributed by atoms with Crippen LogP contribution in [-0.4, -0.2) is 25.0 Å². The summed E-state index contributed by atoms with van der Waals surface area (Å²) in [7, 11) is 0. The lowest BCUT2D eigenvalue weighted by molar-refractivity contribution is 0.0975. The van der Waals surface area contributed by atoms with Gasteiger partial charge in [0.2, 0.25) is 0 Å². The number of carbonyl (C=O) groups excluding carboxylic acids is 1. The molecule has 0 saturated carbocycles. The molecule has 5 nitrogen and oxygen atoms in total. The van der Waals surface area contributed by atoms with Crippen LogP contribution >= 0.6 is 11.6 Å². The van der Waals surface area contributed by atoms with Gasteiger partial charge in [-0.2, -0.15) is 0 Å². The number of benzene rings is 2. The maximum Gasteiger partial charge on any atom is 0.257 e. The maximum atomic E-state index is 12.1. The zero-order valence-corrected chi connectivity index (χ0v) is 15.6. The number of guanidine groups is 1. The van der Waals surface area contributed by atoms with Crippen molar-refractivity contribution in [2.45, 2.75) is 26.2 Å². The lowest BCUT2D eigenvalue weighted by Gasteiger charge is -2.10. The van der Waals surface area contributed by atoms with Gasteiger partial charge in [0.05, 0.1) is 6.61 Å². The van der Waals surface area contributed by atoms with E-state index in [9.17, 15) is 4.79 Å². The van der Waals surface area contributed by atoms with Crippen molar-refractivity contribution in [3.8, 4) is 5.75 Å². The van der Waals surface area contributed by atoms with Crippen molar-refractivity contribution < 1.29 is 9.53 Å². The number of rotatable bonds is 8. The van der Waals surface area contributed by atoms with Gasteiger partial charge < -0.3 is 10.1 Å². The third-order valence-electron chi connectivity index (χ3n) is 3.75. The number of nitrogens with one attached hydrogen (secondary N) is 3. The van der Waals surface area contributed by atoms with Gasteiger partial charge in [-0.1, -0.05) is 37.1 Å². The molecule has 0 heterocycles. The van der Waals surface area contributed by atoms with E-state index in [1.165, 1.54) is 0 Å². The van der Waals surface area contributed by atoms with Gasteiger partial charge in [0.25, 0.3) is 5.91 Å². The van der Waals surface area contributed by atoms with E-state index in [4.69, 9.17) is 21.7 Å². The number of amides is 1. The van der Waals surface area contributed by atoms with Crippen molar-refractivity contribution in [1.29, 1.82) is 5.41 Å². The predicted molar refractivity (Wildman–Crippen MR) is 105 cm³/mol. The zero-order valence-electron chi connectivity index (χ0n) is 14.8. The second-order valence-electron chi connectivity index (χ2n) is 5.86. The fraction of sp³-hybridized carbons (Fsp3) is 0.300. The van der Waals surface area contributed by atoms with Crippen LogP contribution in [0.4, 0.5) is 0 Å². The molecule has 138 valence electrons. The third-order valence-corrected chi connectivity index (χ3v) is 4.00. The second kappa shape index (κ2) is 10.5. The Morgan fingerprint density at radius 1 is 1.12 bits per heavy atom. The SMILES string of the molecule is CCCCOc1ccc(C(=O)NC(=N)NCCc2ccc(Cl)cc2)cc1. The molecular weight excluding hydrogens is 350 g/mol. The first-order valence-corrected chi connectivity index (χ1v) is 9.07. The Balaban J connectivity index is 1.73. The molecule has 26 heavy (non-hydrogen) atoms. The van der Waals surface area contributed by atoms with E-state index in [0.29, 0.717) is 23.7 Å². The number of hydrogen-bond acceptors (Lipinski definition) is 3. The lowest BCUT2D eigenvalue weighted by Crippen LogP contribution is -2.40. The van der Waals surface area contributed by atoms with E-state index >= 15 is 0 Å². The summed E-state index contributed by atoms with van der Waals surface area (Å²) in [5.74, 6) is 0.396. The fourth-order valence-corrected chi connectivity index (χ4v) is 2.38. The van der Waals surface area contributed by atoms with Crippen molar-refractivity contribution in [1.82, 2.24) is 10.6 Å². The molecule has 0 aliphatic heterocycles. The minimum Gasteiger partial charge on any atom is -0.494 e. The third kappa shape index (κ3) is 6.76. The van der Waals surface area contributed by atoms with Gasteiger partial charge in [-0.15, -0.1) is 0 Å². The quantitative estimate of drug-likeness (QED) is 0.371. The first kappa shape index (κ1) is 19.8. The molecule has 0 spiro atoms. The number of ether oxygens (including phenoxy) is 1. The number of halogens is 1. The number of carbonyl (C=O) groups is 1. The Kier molecular flexibility index (Phi) is 7.96. The first-order chi connectivity index (χ1) is 12.6. The van der Waals surface area contributed by atoms with Crippen LogP contribution in [0.5, 0.6) is 5.75 Å². The molecule has 3 N–H and O–H groups in total. The molecule has 2 aromatic rings. The maximum absolute atomic E-state index is 12.1. The molecule has 6 heteroatoms. The van der Waals surface area contributed by atoms with Gasteiger partial charge in [-0.05, 0) is 54.8 Å².